The van der Waals surface area contributed by atoms with E-state index in [4.69, 9.17) is 21.1 Å². The van der Waals surface area contributed by atoms with Gasteiger partial charge in [0.15, 0.2) is 11.5 Å². The number of anilines is 1. The molecule has 0 unspecified atom stereocenters. The molecule has 3 amide bonds. The molecule has 1 aliphatic rings. The Bertz CT molecular complexity index is 1280. The molecule has 1 N–H and O–H groups in total. The van der Waals surface area contributed by atoms with Crippen molar-refractivity contribution in [1.82, 2.24) is 5.32 Å². The second kappa shape index (κ2) is 9.64. The molecule has 1 saturated heterocycles. The fourth-order valence-corrected chi connectivity index (χ4v) is 3.88. The minimum absolute atomic E-state index is 0.0937. The van der Waals surface area contributed by atoms with E-state index in [1.54, 1.807) is 42.5 Å². The highest BCUT2D eigenvalue weighted by atomic mass is 79.9. The third kappa shape index (κ3) is 5.02. The van der Waals surface area contributed by atoms with Crippen LogP contribution in [-0.4, -0.2) is 19.0 Å². The van der Waals surface area contributed by atoms with Crippen LogP contribution in [0, 0.1) is 5.82 Å². The monoisotopic (exact) mass is 530 g/mol. The quantitative estimate of drug-likeness (QED) is 0.316. The summed E-state index contributed by atoms with van der Waals surface area (Å²) in [6.45, 7) is 0.143. The van der Waals surface area contributed by atoms with E-state index < -0.39 is 11.9 Å². The SMILES string of the molecule is COc1cc(/C=C2/NC(=O)N(c3cccc(Cl)c3)C2=O)c(Br)cc1OCc1cccc(F)c1. The Morgan fingerprint density at radius 2 is 1.88 bits per heavy atom. The molecule has 1 heterocycles. The fourth-order valence-electron chi connectivity index (χ4n) is 3.26. The molecular formula is C24H17BrClFN2O4. The summed E-state index contributed by atoms with van der Waals surface area (Å²) in [5.41, 5.74) is 1.71. The number of benzene rings is 3. The number of carbonyl (C=O) groups excluding carboxylic acids is 2. The molecule has 168 valence electrons. The lowest BCUT2D eigenvalue weighted by Crippen LogP contribution is -2.30. The lowest BCUT2D eigenvalue weighted by Gasteiger charge is -2.13. The van der Waals surface area contributed by atoms with Gasteiger partial charge in [-0.1, -0.05) is 45.7 Å². The Hall–Kier alpha value is -3.36. The van der Waals surface area contributed by atoms with Crippen molar-refractivity contribution in [3.05, 3.63) is 92.8 Å². The van der Waals surface area contributed by atoms with E-state index in [9.17, 15) is 14.0 Å². The van der Waals surface area contributed by atoms with Crippen LogP contribution < -0.4 is 19.7 Å². The largest absolute Gasteiger partial charge is 0.493 e. The molecule has 33 heavy (non-hydrogen) atoms. The van der Waals surface area contributed by atoms with Crippen molar-refractivity contribution in [2.24, 2.45) is 0 Å². The molecule has 3 aromatic rings. The van der Waals surface area contributed by atoms with Crippen molar-refractivity contribution < 1.29 is 23.5 Å². The maximum Gasteiger partial charge on any atom is 0.333 e. The van der Waals surface area contributed by atoms with Gasteiger partial charge in [0.05, 0.1) is 12.8 Å². The molecule has 0 atom stereocenters. The number of methoxy groups -OCH3 is 1. The standard InChI is InChI=1S/C24H17BrClFN2O4/c1-32-21-10-15(19(25)12-22(21)33-13-14-4-2-6-17(27)8-14)9-20-23(30)29(24(31)28-20)18-7-3-5-16(26)11-18/h2-12H,13H2,1H3,(H,28,31)/b20-9+. The van der Waals surface area contributed by atoms with Crippen molar-refractivity contribution in [2.75, 3.05) is 12.0 Å². The number of carbonyl (C=O) groups is 2. The molecule has 0 aliphatic carbocycles. The number of amides is 3. The Morgan fingerprint density at radius 1 is 1.09 bits per heavy atom. The highest BCUT2D eigenvalue weighted by Gasteiger charge is 2.35. The van der Waals surface area contributed by atoms with Gasteiger partial charge in [-0.15, -0.1) is 0 Å². The predicted octanol–water partition coefficient (Wildman–Crippen LogP) is 5.93. The first kappa shape index (κ1) is 22.8. The minimum Gasteiger partial charge on any atom is -0.493 e. The van der Waals surface area contributed by atoms with Crippen molar-refractivity contribution in [3.63, 3.8) is 0 Å². The molecule has 3 aromatic carbocycles. The van der Waals surface area contributed by atoms with E-state index in [-0.39, 0.29) is 18.1 Å². The summed E-state index contributed by atoms with van der Waals surface area (Å²) in [7, 11) is 1.48. The van der Waals surface area contributed by atoms with Crippen LogP contribution in [0.25, 0.3) is 6.08 Å². The van der Waals surface area contributed by atoms with E-state index in [2.05, 4.69) is 21.2 Å². The second-order valence-electron chi connectivity index (χ2n) is 7.05. The molecule has 0 aromatic heterocycles. The lowest BCUT2D eigenvalue weighted by atomic mass is 10.1. The van der Waals surface area contributed by atoms with Gasteiger partial charge in [0.25, 0.3) is 5.91 Å². The van der Waals surface area contributed by atoms with Gasteiger partial charge in [0.1, 0.15) is 18.1 Å². The van der Waals surface area contributed by atoms with Crippen LogP contribution in [0.5, 0.6) is 11.5 Å². The number of hydrogen-bond acceptors (Lipinski definition) is 4. The molecule has 0 saturated carbocycles. The van der Waals surface area contributed by atoms with Crippen molar-refractivity contribution in [2.45, 2.75) is 6.61 Å². The third-order valence-corrected chi connectivity index (χ3v) is 5.73. The maximum absolute atomic E-state index is 13.4. The number of ether oxygens (including phenoxy) is 2. The van der Waals surface area contributed by atoms with Crippen LogP contribution in [0.1, 0.15) is 11.1 Å². The maximum atomic E-state index is 13.4. The van der Waals surface area contributed by atoms with Crippen molar-refractivity contribution >= 4 is 51.2 Å². The summed E-state index contributed by atoms with van der Waals surface area (Å²) < 4.78 is 25.2. The van der Waals surface area contributed by atoms with E-state index in [0.717, 1.165) is 4.90 Å². The fraction of sp³-hybridized carbons (Fsp3) is 0.0833. The summed E-state index contributed by atoms with van der Waals surface area (Å²) >= 11 is 9.46. The average molecular weight is 532 g/mol. The van der Waals surface area contributed by atoms with E-state index >= 15 is 0 Å². The second-order valence-corrected chi connectivity index (χ2v) is 8.34. The first-order valence-electron chi connectivity index (χ1n) is 9.73. The summed E-state index contributed by atoms with van der Waals surface area (Å²) in [5.74, 6) is -0.0241. The number of nitrogens with one attached hydrogen (secondary N) is 1. The third-order valence-electron chi connectivity index (χ3n) is 4.81. The van der Waals surface area contributed by atoms with E-state index in [1.165, 1.54) is 31.4 Å². The van der Waals surface area contributed by atoms with Crippen molar-refractivity contribution in [1.29, 1.82) is 0 Å². The summed E-state index contributed by atoms with van der Waals surface area (Å²) in [4.78, 5) is 26.3. The van der Waals surface area contributed by atoms with Crippen LogP contribution in [0.3, 0.4) is 0 Å². The molecule has 0 radical (unpaired) electrons. The molecule has 0 bridgehead atoms. The summed E-state index contributed by atoms with van der Waals surface area (Å²) in [5, 5.41) is 2.99. The molecule has 9 heteroatoms. The number of hydrogen-bond donors (Lipinski definition) is 1. The molecule has 1 aliphatic heterocycles. The molecule has 1 fully saturated rings. The van der Waals surface area contributed by atoms with Crippen LogP contribution in [0.4, 0.5) is 14.9 Å². The van der Waals surface area contributed by atoms with Gasteiger partial charge in [-0.2, -0.15) is 0 Å². The number of urea groups is 1. The zero-order valence-electron chi connectivity index (χ0n) is 17.3. The zero-order valence-corrected chi connectivity index (χ0v) is 19.6. The first-order valence-corrected chi connectivity index (χ1v) is 10.9. The number of halogens is 3. The number of nitrogens with zero attached hydrogens (tertiary/aromatic N) is 1. The number of rotatable bonds is 6. The topological polar surface area (TPSA) is 67.9 Å². The Kier molecular flexibility index (Phi) is 6.67. The Labute approximate surface area is 202 Å². The van der Waals surface area contributed by atoms with E-state index in [1.807, 2.05) is 0 Å². The first-order chi connectivity index (χ1) is 15.9. The van der Waals surface area contributed by atoms with Crippen LogP contribution >= 0.6 is 27.5 Å². The zero-order chi connectivity index (χ0) is 23.5. The summed E-state index contributed by atoms with van der Waals surface area (Å²) in [6.07, 6.45) is 1.54. The lowest BCUT2D eigenvalue weighted by molar-refractivity contribution is -0.113. The average Bonchev–Trinajstić information content (AvgIpc) is 3.06. The normalized spacial score (nSPS) is 14.5. The van der Waals surface area contributed by atoms with Crippen LogP contribution in [0.15, 0.2) is 70.8 Å². The van der Waals surface area contributed by atoms with Crippen molar-refractivity contribution in [3.8, 4) is 11.5 Å². The van der Waals surface area contributed by atoms with E-state index in [0.29, 0.717) is 37.8 Å². The smallest absolute Gasteiger partial charge is 0.333 e. The highest BCUT2D eigenvalue weighted by molar-refractivity contribution is 9.10. The van der Waals surface area contributed by atoms with Gasteiger partial charge in [0.2, 0.25) is 0 Å². The predicted molar refractivity (Wildman–Crippen MR) is 127 cm³/mol. The Balaban J connectivity index is 1.59. The van der Waals surface area contributed by atoms with Gasteiger partial charge in [-0.25, -0.2) is 14.1 Å². The molecular weight excluding hydrogens is 515 g/mol. The minimum atomic E-state index is -0.577. The van der Waals surface area contributed by atoms with Crippen LogP contribution in [0.2, 0.25) is 5.02 Å². The van der Waals surface area contributed by atoms with Gasteiger partial charge in [-0.05, 0) is 59.7 Å². The van der Waals surface area contributed by atoms with Gasteiger partial charge in [-0.3, -0.25) is 4.79 Å². The summed E-state index contributed by atoms with van der Waals surface area (Å²) in [6, 6.07) is 15.3. The van der Waals surface area contributed by atoms with Gasteiger partial charge in [0, 0.05) is 9.50 Å². The van der Waals surface area contributed by atoms with Crippen LogP contribution in [-0.2, 0) is 11.4 Å². The molecule has 6 nitrogen and oxygen atoms in total. The van der Waals surface area contributed by atoms with Gasteiger partial charge < -0.3 is 14.8 Å². The highest BCUT2D eigenvalue weighted by Crippen LogP contribution is 2.36. The molecule has 4 rings (SSSR count). The number of imide groups is 1. The van der Waals surface area contributed by atoms with Gasteiger partial charge >= 0.3 is 6.03 Å². The molecule has 0 spiro atoms. The Morgan fingerprint density at radius 3 is 2.61 bits per heavy atom.